The van der Waals surface area contributed by atoms with E-state index in [1.54, 1.807) is 6.92 Å². The monoisotopic (exact) mass is 418 g/mol. The van der Waals surface area contributed by atoms with E-state index in [4.69, 9.17) is 4.52 Å². The van der Waals surface area contributed by atoms with Crippen molar-refractivity contribution in [3.05, 3.63) is 71.0 Å². The number of aromatic nitrogens is 2. The number of nitrogens with zero attached hydrogens (tertiary/aromatic N) is 3. The van der Waals surface area contributed by atoms with E-state index in [2.05, 4.69) is 36.2 Å². The summed E-state index contributed by atoms with van der Waals surface area (Å²) in [6.45, 7) is 10.0. The lowest BCUT2D eigenvalue weighted by atomic mass is 9.84. The summed E-state index contributed by atoms with van der Waals surface area (Å²) in [6.07, 6.45) is 0. The van der Waals surface area contributed by atoms with Gasteiger partial charge in [-0.3, -0.25) is 9.69 Å². The molecule has 1 aromatic heterocycles. The predicted octanol–water partition coefficient (Wildman–Crippen LogP) is 4.31. The van der Waals surface area contributed by atoms with Gasteiger partial charge in [0.05, 0.1) is 6.54 Å². The first kappa shape index (κ1) is 20.8. The van der Waals surface area contributed by atoms with Gasteiger partial charge in [-0.15, -0.1) is 0 Å². The number of carbonyl (C=O) groups excluding carboxylic acids is 2. The summed E-state index contributed by atoms with van der Waals surface area (Å²) in [5.41, 5.74) is 2.65. The molecule has 2 aromatic carbocycles. The van der Waals surface area contributed by atoms with Gasteiger partial charge in [0.25, 0.3) is 11.8 Å². The molecule has 1 aliphatic heterocycles. The Morgan fingerprint density at radius 2 is 1.68 bits per heavy atom. The summed E-state index contributed by atoms with van der Waals surface area (Å²) < 4.78 is 5.32. The Bertz CT molecular complexity index is 1130. The molecule has 1 N–H and O–H groups in total. The molecule has 2 heterocycles. The van der Waals surface area contributed by atoms with Crippen molar-refractivity contribution in [2.24, 2.45) is 0 Å². The topological polar surface area (TPSA) is 88.3 Å². The highest BCUT2D eigenvalue weighted by Crippen LogP contribution is 2.32. The fourth-order valence-electron chi connectivity index (χ4n) is 3.61. The molecule has 1 fully saturated rings. The van der Waals surface area contributed by atoms with Crippen molar-refractivity contribution < 1.29 is 14.1 Å². The van der Waals surface area contributed by atoms with Gasteiger partial charge in [-0.25, -0.2) is 4.79 Å². The molecule has 0 saturated carbocycles. The van der Waals surface area contributed by atoms with Crippen molar-refractivity contribution in [1.82, 2.24) is 20.4 Å². The molecule has 1 aliphatic rings. The standard InChI is InChI=1S/C24H26N4O3/c1-15-6-8-16(9-7-15)20-25-19(27-31-20)14-28-21(29)24(5,26-22(28)30)18-12-10-17(11-13-18)23(2,3)4/h6-13H,14H2,1-5H3,(H,26,30)/t24-/m1/s1. The molecular weight excluding hydrogens is 392 g/mol. The van der Waals surface area contributed by atoms with E-state index in [-0.39, 0.29) is 23.7 Å². The van der Waals surface area contributed by atoms with E-state index in [0.717, 1.165) is 27.2 Å². The maximum Gasteiger partial charge on any atom is 0.325 e. The number of hydrogen-bond acceptors (Lipinski definition) is 5. The molecule has 3 aromatic rings. The summed E-state index contributed by atoms with van der Waals surface area (Å²) in [5.74, 6) is 0.275. The number of rotatable bonds is 4. The number of benzene rings is 2. The molecule has 0 aliphatic carbocycles. The highest BCUT2D eigenvalue weighted by atomic mass is 16.5. The van der Waals surface area contributed by atoms with E-state index < -0.39 is 11.6 Å². The van der Waals surface area contributed by atoms with Crippen LogP contribution < -0.4 is 5.32 Å². The van der Waals surface area contributed by atoms with Gasteiger partial charge in [0.1, 0.15) is 5.54 Å². The Morgan fingerprint density at radius 1 is 1.03 bits per heavy atom. The predicted molar refractivity (Wildman–Crippen MR) is 116 cm³/mol. The van der Waals surface area contributed by atoms with Crippen LogP contribution in [0.3, 0.4) is 0 Å². The number of hydrogen-bond donors (Lipinski definition) is 1. The number of urea groups is 1. The van der Waals surface area contributed by atoms with Crippen molar-refractivity contribution in [3.8, 4) is 11.5 Å². The van der Waals surface area contributed by atoms with Crippen LogP contribution in [-0.4, -0.2) is 27.0 Å². The third-order valence-corrected chi connectivity index (χ3v) is 5.67. The number of aryl methyl sites for hydroxylation is 1. The summed E-state index contributed by atoms with van der Waals surface area (Å²) in [5, 5.41) is 6.77. The van der Waals surface area contributed by atoms with Gasteiger partial charge in [-0.2, -0.15) is 4.98 Å². The van der Waals surface area contributed by atoms with Crippen LogP contribution in [0.25, 0.3) is 11.5 Å². The first-order valence-electron chi connectivity index (χ1n) is 10.2. The van der Waals surface area contributed by atoms with Gasteiger partial charge >= 0.3 is 6.03 Å². The SMILES string of the molecule is Cc1ccc(-c2nc(CN3C(=O)N[C@](C)(c4ccc(C(C)(C)C)cc4)C3=O)no2)cc1. The fourth-order valence-corrected chi connectivity index (χ4v) is 3.61. The van der Waals surface area contributed by atoms with E-state index in [1.165, 1.54) is 0 Å². The number of nitrogens with one attached hydrogen (secondary N) is 1. The van der Waals surface area contributed by atoms with Crippen LogP contribution in [0.15, 0.2) is 53.1 Å². The minimum Gasteiger partial charge on any atom is -0.334 e. The Balaban J connectivity index is 1.54. The maximum absolute atomic E-state index is 13.2. The molecule has 1 atom stereocenters. The van der Waals surface area contributed by atoms with Gasteiger partial charge in [-0.1, -0.05) is 67.9 Å². The van der Waals surface area contributed by atoms with Gasteiger partial charge in [0.2, 0.25) is 0 Å². The zero-order valence-corrected chi connectivity index (χ0v) is 18.4. The van der Waals surface area contributed by atoms with E-state index in [9.17, 15) is 9.59 Å². The lowest BCUT2D eigenvalue weighted by Gasteiger charge is -2.24. The third kappa shape index (κ3) is 3.83. The minimum atomic E-state index is -1.14. The molecule has 31 heavy (non-hydrogen) atoms. The lowest BCUT2D eigenvalue weighted by molar-refractivity contribution is -0.131. The van der Waals surface area contributed by atoms with Crippen molar-refractivity contribution in [3.63, 3.8) is 0 Å². The van der Waals surface area contributed by atoms with Crippen molar-refractivity contribution in [2.45, 2.75) is 52.1 Å². The molecule has 0 bridgehead atoms. The van der Waals surface area contributed by atoms with Crippen molar-refractivity contribution in [1.29, 1.82) is 0 Å². The van der Waals surface area contributed by atoms with Crippen LogP contribution in [0.1, 0.15) is 50.2 Å². The Labute approximate surface area is 181 Å². The van der Waals surface area contributed by atoms with E-state index >= 15 is 0 Å². The second-order valence-electron chi connectivity index (χ2n) is 9.16. The summed E-state index contributed by atoms with van der Waals surface area (Å²) in [6, 6.07) is 15.0. The zero-order valence-electron chi connectivity index (χ0n) is 18.4. The second-order valence-corrected chi connectivity index (χ2v) is 9.16. The van der Waals surface area contributed by atoms with Crippen molar-refractivity contribution in [2.75, 3.05) is 0 Å². The number of imide groups is 1. The Hall–Kier alpha value is -3.48. The molecule has 3 amide bonds. The van der Waals surface area contributed by atoms with Crippen LogP contribution in [0, 0.1) is 6.92 Å². The van der Waals surface area contributed by atoms with Crippen molar-refractivity contribution >= 4 is 11.9 Å². The normalized spacial score (nSPS) is 19.1. The molecule has 7 heteroatoms. The summed E-state index contributed by atoms with van der Waals surface area (Å²) in [4.78, 5) is 31.3. The van der Waals surface area contributed by atoms with Crippen LogP contribution in [0.5, 0.6) is 0 Å². The van der Waals surface area contributed by atoms with Crippen LogP contribution in [-0.2, 0) is 22.3 Å². The zero-order chi connectivity index (χ0) is 22.4. The Morgan fingerprint density at radius 3 is 2.29 bits per heavy atom. The number of amides is 3. The van der Waals surface area contributed by atoms with Gasteiger partial charge in [0.15, 0.2) is 5.82 Å². The van der Waals surface area contributed by atoms with Gasteiger partial charge in [0, 0.05) is 5.56 Å². The fraction of sp³-hybridized carbons (Fsp3) is 0.333. The second kappa shape index (κ2) is 7.34. The minimum absolute atomic E-state index is 0.00216. The molecule has 0 unspecified atom stereocenters. The average molecular weight is 418 g/mol. The maximum atomic E-state index is 13.2. The molecule has 1 saturated heterocycles. The Kier molecular flexibility index (Phi) is 4.92. The highest BCUT2D eigenvalue weighted by molar-refractivity contribution is 6.07. The third-order valence-electron chi connectivity index (χ3n) is 5.67. The average Bonchev–Trinajstić information content (AvgIpc) is 3.27. The molecule has 7 nitrogen and oxygen atoms in total. The number of carbonyl (C=O) groups is 2. The lowest BCUT2D eigenvalue weighted by Crippen LogP contribution is -2.40. The van der Waals surface area contributed by atoms with E-state index in [0.29, 0.717) is 5.89 Å². The summed E-state index contributed by atoms with van der Waals surface area (Å²) >= 11 is 0. The first-order chi connectivity index (χ1) is 14.6. The van der Waals surface area contributed by atoms with Crippen LogP contribution in [0.2, 0.25) is 0 Å². The first-order valence-corrected chi connectivity index (χ1v) is 10.2. The largest absolute Gasteiger partial charge is 0.334 e. The molecule has 4 rings (SSSR count). The molecule has 0 spiro atoms. The van der Waals surface area contributed by atoms with E-state index in [1.807, 2.05) is 55.5 Å². The highest BCUT2D eigenvalue weighted by Gasteiger charge is 2.49. The summed E-state index contributed by atoms with van der Waals surface area (Å²) in [7, 11) is 0. The van der Waals surface area contributed by atoms with Crippen LogP contribution in [0.4, 0.5) is 4.79 Å². The smallest absolute Gasteiger partial charge is 0.325 e. The molecular formula is C24H26N4O3. The quantitative estimate of drug-likeness (QED) is 0.638. The molecule has 160 valence electrons. The van der Waals surface area contributed by atoms with Crippen LogP contribution >= 0.6 is 0 Å². The molecule has 0 radical (unpaired) electrons. The van der Waals surface area contributed by atoms with Gasteiger partial charge < -0.3 is 9.84 Å². The van der Waals surface area contributed by atoms with Gasteiger partial charge in [-0.05, 0) is 42.5 Å².